The number of carbonyl (C=O) groups excluding carboxylic acids is 1. The highest BCUT2D eigenvalue weighted by atomic mass is 35.5. The lowest BCUT2D eigenvalue weighted by molar-refractivity contribution is 0.115. The van der Waals surface area contributed by atoms with Crippen molar-refractivity contribution in [3.63, 3.8) is 0 Å². The van der Waals surface area contributed by atoms with Gasteiger partial charge in [0.2, 0.25) is 0 Å². The van der Waals surface area contributed by atoms with Crippen LogP contribution >= 0.6 is 11.6 Å². The van der Waals surface area contributed by atoms with Gasteiger partial charge in [0.25, 0.3) is 0 Å². The highest BCUT2D eigenvalue weighted by molar-refractivity contribution is 6.32. The number of nitrogens with zero attached hydrogens (tertiary/aromatic N) is 1. The number of amides is 2. The predicted octanol–water partition coefficient (Wildman–Crippen LogP) is 4.81. The van der Waals surface area contributed by atoms with Gasteiger partial charge in [0, 0.05) is 31.6 Å². The van der Waals surface area contributed by atoms with Crippen LogP contribution in [-0.4, -0.2) is 36.7 Å². The molecule has 0 aliphatic carbocycles. The van der Waals surface area contributed by atoms with E-state index in [0.29, 0.717) is 36.2 Å². The monoisotopic (exact) mass is 374 g/mol. The van der Waals surface area contributed by atoms with E-state index in [0.717, 1.165) is 18.6 Å². The number of piperidine rings is 1. The molecule has 0 atom stereocenters. The summed E-state index contributed by atoms with van der Waals surface area (Å²) in [6, 6.07) is 14.9. The lowest BCUT2D eigenvalue weighted by Crippen LogP contribution is -2.43. The Morgan fingerprint density at radius 2 is 1.92 bits per heavy atom. The van der Waals surface area contributed by atoms with Gasteiger partial charge in [0.05, 0.1) is 11.6 Å². The molecule has 1 saturated heterocycles. The Bertz CT molecular complexity index is 731. The average Bonchev–Trinajstić information content (AvgIpc) is 2.65. The molecule has 0 bridgehead atoms. The van der Waals surface area contributed by atoms with E-state index in [9.17, 15) is 4.79 Å². The second-order valence-electron chi connectivity index (χ2n) is 6.13. The molecule has 138 valence electrons. The van der Waals surface area contributed by atoms with Crippen LogP contribution in [0.5, 0.6) is 11.5 Å². The number of nitrogens with one attached hydrogen (secondary N) is 1. The SMILES string of the molecule is CCOc1ccc(NC(=O)N2CCC(Oc3ccccc3)CC2)cc1Cl. The van der Waals surface area contributed by atoms with Gasteiger partial charge in [-0.1, -0.05) is 29.8 Å². The van der Waals surface area contributed by atoms with Crippen molar-refractivity contribution in [1.82, 2.24) is 4.90 Å². The van der Waals surface area contributed by atoms with Crippen LogP contribution in [0.25, 0.3) is 0 Å². The third-order valence-electron chi connectivity index (χ3n) is 4.26. The number of rotatable bonds is 5. The van der Waals surface area contributed by atoms with Crippen molar-refractivity contribution < 1.29 is 14.3 Å². The third-order valence-corrected chi connectivity index (χ3v) is 4.55. The van der Waals surface area contributed by atoms with Crippen LogP contribution in [0.2, 0.25) is 5.02 Å². The van der Waals surface area contributed by atoms with Crippen LogP contribution in [0.3, 0.4) is 0 Å². The summed E-state index contributed by atoms with van der Waals surface area (Å²) in [4.78, 5) is 14.3. The first-order valence-electron chi connectivity index (χ1n) is 8.85. The molecule has 6 heteroatoms. The van der Waals surface area contributed by atoms with Crippen molar-refractivity contribution in [3.05, 3.63) is 53.6 Å². The Morgan fingerprint density at radius 1 is 1.19 bits per heavy atom. The van der Waals surface area contributed by atoms with Gasteiger partial charge >= 0.3 is 6.03 Å². The first-order valence-corrected chi connectivity index (χ1v) is 9.23. The highest BCUT2D eigenvalue weighted by Gasteiger charge is 2.24. The van der Waals surface area contributed by atoms with Gasteiger partial charge in [-0.15, -0.1) is 0 Å². The summed E-state index contributed by atoms with van der Waals surface area (Å²) in [5.41, 5.74) is 0.658. The minimum atomic E-state index is -0.122. The van der Waals surface area contributed by atoms with Gasteiger partial charge in [-0.25, -0.2) is 4.79 Å². The van der Waals surface area contributed by atoms with E-state index in [4.69, 9.17) is 21.1 Å². The molecule has 0 spiro atoms. The zero-order valence-corrected chi connectivity index (χ0v) is 15.5. The number of ether oxygens (including phenoxy) is 2. The Labute approximate surface area is 158 Å². The van der Waals surface area contributed by atoms with Gasteiger partial charge in [-0.3, -0.25) is 0 Å². The van der Waals surface area contributed by atoms with Crippen LogP contribution in [0.15, 0.2) is 48.5 Å². The Kier molecular flexibility index (Phi) is 6.23. The average molecular weight is 375 g/mol. The number of halogens is 1. The van der Waals surface area contributed by atoms with Crippen molar-refractivity contribution >= 4 is 23.3 Å². The van der Waals surface area contributed by atoms with E-state index in [1.807, 2.05) is 37.3 Å². The fraction of sp³-hybridized carbons (Fsp3) is 0.350. The van der Waals surface area contributed by atoms with Crippen molar-refractivity contribution in [1.29, 1.82) is 0 Å². The second-order valence-corrected chi connectivity index (χ2v) is 6.53. The number of likely N-dealkylation sites (tertiary alicyclic amines) is 1. The summed E-state index contributed by atoms with van der Waals surface area (Å²) >= 11 is 6.17. The van der Waals surface area contributed by atoms with Gasteiger partial charge in [-0.05, 0) is 37.3 Å². The summed E-state index contributed by atoms with van der Waals surface area (Å²) in [6.45, 7) is 3.77. The molecule has 1 aliphatic rings. The van der Waals surface area contributed by atoms with E-state index in [1.54, 1.807) is 23.1 Å². The molecule has 1 aliphatic heterocycles. The number of hydrogen-bond acceptors (Lipinski definition) is 3. The number of hydrogen-bond donors (Lipinski definition) is 1. The van der Waals surface area contributed by atoms with Gasteiger partial charge in [-0.2, -0.15) is 0 Å². The number of carbonyl (C=O) groups is 1. The fourth-order valence-corrected chi connectivity index (χ4v) is 3.16. The first-order chi connectivity index (χ1) is 12.7. The van der Waals surface area contributed by atoms with E-state index in [2.05, 4.69) is 5.32 Å². The summed E-state index contributed by atoms with van der Waals surface area (Å²) in [5.74, 6) is 1.49. The van der Waals surface area contributed by atoms with Crippen LogP contribution in [0.1, 0.15) is 19.8 Å². The van der Waals surface area contributed by atoms with Crippen LogP contribution < -0.4 is 14.8 Å². The summed E-state index contributed by atoms with van der Waals surface area (Å²) in [5, 5.41) is 3.38. The van der Waals surface area contributed by atoms with E-state index >= 15 is 0 Å². The maximum atomic E-state index is 12.5. The lowest BCUT2D eigenvalue weighted by atomic mass is 10.1. The zero-order valence-electron chi connectivity index (χ0n) is 14.8. The Balaban J connectivity index is 1.50. The normalized spacial score (nSPS) is 14.8. The summed E-state index contributed by atoms with van der Waals surface area (Å²) < 4.78 is 11.4. The zero-order chi connectivity index (χ0) is 18.4. The van der Waals surface area contributed by atoms with Crippen molar-refractivity contribution in [2.75, 3.05) is 25.0 Å². The topological polar surface area (TPSA) is 50.8 Å². The van der Waals surface area contributed by atoms with E-state index in [-0.39, 0.29) is 12.1 Å². The number of para-hydroxylation sites is 1. The molecular formula is C20H23ClN2O3. The van der Waals surface area contributed by atoms with E-state index in [1.165, 1.54) is 0 Å². The van der Waals surface area contributed by atoms with Crippen LogP contribution in [0, 0.1) is 0 Å². The largest absolute Gasteiger partial charge is 0.492 e. The summed E-state index contributed by atoms with van der Waals surface area (Å²) in [6.07, 6.45) is 1.76. The fourth-order valence-electron chi connectivity index (χ4n) is 2.92. The molecular weight excluding hydrogens is 352 g/mol. The minimum Gasteiger partial charge on any atom is -0.492 e. The third kappa shape index (κ3) is 4.82. The molecule has 26 heavy (non-hydrogen) atoms. The highest BCUT2D eigenvalue weighted by Crippen LogP contribution is 2.28. The van der Waals surface area contributed by atoms with Crippen molar-refractivity contribution in [2.45, 2.75) is 25.9 Å². The lowest BCUT2D eigenvalue weighted by Gasteiger charge is -2.32. The molecule has 5 nitrogen and oxygen atoms in total. The quantitative estimate of drug-likeness (QED) is 0.816. The number of anilines is 1. The maximum Gasteiger partial charge on any atom is 0.321 e. The number of benzene rings is 2. The molecule has 2 aromatic rings. The minimum absolute atomic E-state index is 0.122. The predicted molar refractivity (Wildman–Crippen MR) is 103 cm³/mol. The van der Waals surface area contributed by atoms with Crippen molar-refractivity contribution in [3.8, 4) is 11.5 Å². The molecule has 1 fully saturated rings. The molecule has 0 aromatic heterocycles. The Morgan fingerprint density at radius 3 is 2.58 bits per heavy atom. The second kappa shape index (κ2) is 8.81. The first kappa shape index (κ1) is 18.4. The maximum absolute atomic E-state index is 12.5. The molecule has 1 heterocycles. The number of urea groups is 1. The molecule has 0 radical (unpaired) electrons. The Hall–Kier alpha value is -2.40. The van der Waals surface area contributed by atoms with Crippen LogP contribution in [0.4, 0.5) is 10.5 Å². The van der Waals surface area contributed by atoms with Gasteiger partial charge in [0.1, 0.15) is 17.6 Å². The molecule has 0 saturated carbocycles. The summed E-state index contributed by atoms with van der Waals surface area (Å²) in [7, 11) is 0. The molecule has 2 amide bonds. The molecule has 1 N–H and O–H groups in total. The van der Waals surface area contributed by atoms with Gasteiger partial charge in [0.15, 0.2) is 0 Å². The van der Waals surface area contributed by atoms with Crippen LogP contribution in [-0.2, 0) is 0 Å². The standard InChI is InChI=1S/C20H23ClN2O3/c1-2-25-19-9-8-15(14-18(19)21)22-20(24)23-12-10-17(11-13-23)26-16-6-4-3-5-7-16/h3-9,14,17H,2,10-13H2,1H3,(H,22,24). The molecule has 0 unspecified atom stereocenters. The van der Waals surface area contributed by atoms with E-state index < -0.39 is 0 Å². The molecule has 3 rings (SSSR count). The van der Waals surface area contributed by atoms with Gasteiger partial charge < -0.3 is 19.7 Å². The van der Waals surface area contributed by atoms with Crippen molar-refractivity contribution in [2.24, 2.45) is 0 Å². The smallest absolute Gasteiger partial charge is 0.321 e. The molecule has 2 aromatic carbocycles.